The maximum Gasteiger partial charge on any atom is 0.329 e. The van der Waals surface area contributed by atoms with E-state index in [1.165, 1.54) is 12.0 Å². The molecule has 0 spiro atoms. The number of Topliss-reactive ketones (excluding diaryl/α,β-unsaturated/α-hetero) is 3. The lowest BCUT2D eigenvalue weighted by atomic mass is 9.68. The molecule has 4 heterocycles. The van der Waals surface area contributed by atoms with Gasteiger partial charge in [-0.15, -0.1) is 0 Å². The second-order valence-electron chi connectivity index (χ2n) is 19.7. The van der Waals surface area contributed by atoms with Crippen molar-refractivity contribution in [3.05, 3.63) is 47.6 Å². The minimum atomic E-state index is -2.45. The molecule has 15 nitrogen and oxygen atoms in total. The Morgan fingerprint density at radius 1 is 0.864 bits per heavy atom. The van der Waals surface area contributed by atoms with Gasteiger partial charge < -0.3 is 43.5 Å². The molecule has 2 N–H and O–H groups in total. The SMILES string of the molecule is CO[C@H]1C[C@@H]2CC[C@@H](C)[C@@](O)(O2)C(=O)C(=O)N2CCCC3[C@H]2C(=O)O[C@@H](CC(=O)[C@H](C)/C=C(\C)[C@@H](O)[C@@H](OC)C(=O)[C@H](C)C[C@H](C)/C=C/C=C/C=C1C)[C@H]3C[C@@H]1CC[C@@H](OC=O)[C@H](OC)C1. The summed E-state index contributed by atoms with van der Waals surface area (Å²) in [6, 6.07) is -1.15. The lowest BCUT2D eigenvalue weighted by Crippen LogP contribution is -2.65. The molecular weight excluding hydrogens is 851 g/mol. The summed E-state index contributed by atoms with van der Waals surface area (Å²) in [5, 5.41) is 23.5. The largest absolute Gasteiger partial charge is 0.462 e. The van der Waals surface area contributed by atoms with Gasteiger partial charge in [-0.25, -0.2) is 4.79 Å². The Labute approximate surface area is 390 Å². The predicted octanol–water partition coefficient (Wildman–Crippen LogP) is 5.58. The molecule has 1 aliphatic carbocycles. The van der Waals surface area contributed by atoms with E-state index in [1.54, 1.807) is 41.1 Å². The Morgan fingerprint density at radius 2 is 1.61 bits per heavy atom. The highest BCUT2D eigenvalue weighted by molar-refractivity contribution is 6.39. The molecule has 6 bridgehead atoms. The molecule has 66 heavy (non-hydrogen) atoms. The van der Waals surface area contributed by atoms with Crippen LogP contribution in [0.15, 0.2) is 47.6 Å². The smallest absolute Gasteiger partial charge is 0.329 e. The topological polar surface area (TPSA) is 201 Å². The number of piperidine rings is 1. The first kappa shape index (κ1) is 53.1. The number of fused-ring (bicyclic) bond motifs is 3. The fourth-order valence-corrected chi connectivity index (χ4v) is 11.1. The van der Waals surface area contributed by atoms with Crippen molar-refractivity contribution < 1.29 is 67.4 Å². The third-order valence-corrected chi connectivity index (χ3v) is 15.1. The summed E-state index contributed by atoms with van der Waals surface area (Å²) in [4.78, 5) is 83.5. The minimum Gasteiger partial charge on any atom is -0.462 e. The number of aliphatic hydroxyl groups is 2. The number of hydrogen-bond acceptors (Lipinski definition) is 14. The van der Waals surface area contributed by atoms with E-state index in [9.17, 15) is 39.0 Å². The van der Waals surface area contributed by atoms with E-state index in [0.29, 0.717) is 76.3 Å². The number of aliphatic hydroxyl groups excluding tert-OH is 1. The van der Waals surface area contributed by atoms with Gasteiger partial charge in [-0.2, -0.15) is 0 Å². The molecule has 1 amide bonds. The number of amides is 1. The van der Waals surface area contributed by atoms with Crippen molar-refractivity contribution in [2.75, 3.05) is 27.9 Å². The first-order chi connectivity index (χ1) is 31.4. The van der Waals surface area contributed by atoms with Crippen molar-refractivity contribution in [3.8, 4) is 0 Å². The molecule has 4 aliphatic heterocycles. The monoisotopic (exact) mass is 926 g/mol. The van der Waals surface area contributed by atoms with E-state index in [0.717, 1.165) is 5.57 Å². The number of carbonyl (C=O) groups excluding carboxylic acids is 6. The summed E-state index contributed by atoms with van der Waals surface area (Å²) in [6.07, 6.45) is 10.8. The fourth-order valence-electron chi connectivity index (χ4n) is 11.1. The molecule has 15 heteroatoms. The Kier molecular flexibility index (Phi) is 19.2. The van der Waals surface area contributed by atoms with Crippen molar-refractivity contribution in [1.82, 2.24) is 4.90 Å². The molecule has 16 atom stereocenters. The molecular formula is C51H75NO14. The van der Waals surface area contributed by atoms with Gasteiger partial charge in [0.2, 0.25) is 5.79 Å². The highest BCUT2D eigenvalue weighted by Crippen LogP contribution is 2.45. The van der Waals surface area contributed by atoms with Crippen LogP contribution in [-0.4, -0.2) is 133 Å². The average molecular weight is 926 g/mol. The van der Waals surface area contributed by atoms with Crippen LogP contribution in [0, 0.1) is 41.4 Å². The van der Waals surface area contributed by atoms with Gasteiger partial charge in [-0.3, -0.25) is 24.0 Å². The quantitative estimate of drug-likeness (QED) is 0.139. The van der Waals surface area contributed by atoms with Crippen molar-refractivity contribution in [3.63, 3.8) is 0 Å². The molecule has 368 valence electrons. The molecule has 5 rings (SSSR count). The van der Waals surface area contributed by atoms with Gasteiger partial charge in [0, 0.05) is 64.4 Å². The first-order valence-corrected chi connectivity index (χ1v) is 24.0. The number of rotatable bonds is 7. The number of ether oxygens (including phenoxy) is 6. The Hall–Kier alpha value is -3.86. The highest BCUT2D eigenvalue weighted by Gasteiger charge is 2.57. The molecule has 1 unspecified atom stereocenters. The number of nitrogens with zero attached hydrogens (tertiary/aromatic N) is 1. The minimum absolute atomic E-state index is 0.0155. The van der Waals surface area contributed by atoms with Crippen LogP contribution in [0.2, 0.25) is 0 Å². The molecule has 1 saturated carbocycles. The third kappa shape index (κ3) is 12.4. The number of methoxy groups -OCH3 is 3. The molecule has 5 aliphatic rings. The van der Waals surface area contributed by atoms with Crippen LogP contribution in [0.5, 0.6) is 0 Å². The van der Waals surface area contributed by atoms with Gasteiger partial charge >= 0.3 is 5.97 Å². The van der Waals surface area contributed by atoms with Crippen LogP contribution in [-0.2, 0) is 57.2 Å². The number of allylic oxidation sites excluding steroid dienone is 6. The van der Waals surface area contributed by atoms with Gasteiger partial charge in [0.05, 0.1) is 18.3 Å². The van der Waals surface area contributed by atoms with Crippen molar-refractivity contribution >= 4 is 35.7 Å². The van der Waals surface area contributed by atoms with Crippen molar-refractivity contribution in [1.29, 1.82) is 0 Å². The Balaban J connectivity index is 1.51. The number of hydrogen-bond donors (Lipinski definition) is 2. The normalized spacial score (nSPS) is 41.3. The van der Waals surface area contributed by atoms with E-state index >= 15 is 0 Å². The summed E-state index contributed by atoms with van der Waals surface area (Å²) in [5.74, 6) is -8.64. The molecule has 0 radical (unpaired) electrons. The summed E-state index contributed by atoms with van der Waals surface area (Å²) >= 11 is 0. The molecule has 0 aromatic rings. The van der Waals surface area contributed by atoms with Crippen LogP contribution in [0.25, 0.3) is 0 Å². The van der Waals surface area contributed by atoms with Gasteiger partial charge in [0.15, 0.2) is 5.78 Å². The molecule has 4 fully saturated rings. The van der Waals surface area contributed by atoms with Crippen LogP contribution in [0.3, 0.4) is 0 Å². The molecule has 0 aromatic heterocycles. The number of ketones is 3. The Bertz CT molecular complexity index is 1860. The number of esters is 1. The van der Waals surface area contributed by atoms with Crippen LogP contribution < -0.4 is 0 Å². The zero-order chi connectivity index (χ0) is 48.5. The molecule has 3 saturated heterocycles. The lowest BCUT2D eigenvalue weighted by molar-refractivity contribution is -0.266. The first-order valence-electron chi connectivity index (χ1n) is 24.0. The predicted molar refractivity (Wildman–Crippen MR) is 243 cm³/mol. The lowest BCUT2D eigenvalue weighted by Gasteiger charge is -2.50. The second kappa shape index (κ2) is 23.9. The van der Waals surface area contributed by atoms with E-state index in [2.05, 4.69) is 0 Å². The Morgan fingerprint density at radius 3 is 2.29 bits per heavy atom. The fraction of sp³-hybridized carbons (Fsp3) is 0.725. The maximum absolute atomic E-state index is 14.5. The van der Waals surface area contributed by atoms with Crippen molar-refractivity contribution in [2.45, 2.75) is 167 Å². The summed E-state index contributed by atoms with van der Waals surface area (Å²) in [5.41, 5.74) is 1.26. The zero-order valence-corrected chi connectivity index (χ0v) is 40.4. The second-order valence-corrected chi connectivity index (χ2v) is 19.7. The zero-order valence-electron chi connectivity index (χ0n) is 40.4. The number of carbonyl (C=O) groups is 6. The van der Waals surface area contributed by atoms with Crippen molar-refractivity contribution in [2.24, 2.45) is 41.4 Å². The summed E-state index contributed by atoms with van der Waals surface area (Å²) in [6.45, 7) is 11.2. The van der Waals surface area contributed by atoms with Gasteiger partial charge in [-0.1, -0.05) is 64.2 Å². The van der Waals surface area contributed by atoms with Crippen LogP contribution in [0.4, 0.5) is 0 Å². The van der Waals surface area contributed by atoms with Crippen LogP contribution >= 0.6 is 0 Å². The average Bonchev–Trinajstić information content (AvgIpc) is 3.29. The summed E-state index contributed by atoms with van der Waals surface area (Å²) < 4.78 is 34.9. The van der Waals surface area contributed by atoms with Crippen LogP contribution in [0.1, 0.15) is 112 Å². The van der Waals surface area contributed by atoms with Gasteiger partial charge in [0.25, 0.3) is 18.2 Å². The van der Waals surface area contributed by atoms with Gasteiger partial charge in [-0.05, 0) is 101 Å². The van der Waals surface area contributed by atoms with E-state index in [-0.39, 0.29) is 42.5 Å². The third-order valence-electron chi connectivity index (χ3n) is 15.1. The maximum atomic E-state index is 14.5. The highest BCUT2D eigenvalue weighted by atomic mass is 16.6. The van der Waals surface area contributed by atoms with E-state index in [1.807, 2.05) is 51.2 Å². The standard InChI is InChI=1S/C51H75NO14/c1-29-14-11-10-12-15-30(2)41(61-7)26-36-19-17-34(6)51(60,66-36)48(57)49(58)52-21-13-16-37-38(24-35-18-20-40(64-28-53)43(25-35)62-8)42(65-50(59)44(37)52)27-39(54)31(3)23-33(5)46(56)47(63-9)45(55)32(4)22-29/h10-12,14-15,23,28-29,31-32,34-38,40-44,46-47,56,60H,13,16-22,24-27H2,1-9H3/b12-10+,14-11+,30-15?,33-23+/t29-,31-,32-,34-,35+,36+,37?,38+,40-,41+,42+,43-,44+,46-,47+,51-/m1/s1. The van der Waals surface area contributed by atoms with E-state index in [4.69, 9.17) is 28.4 Å². The van der Waals surface area contributed by atoms with E-state index < -0.39 is 95.7 Å². The molecule has 0 aromatic carbocycles. The van der Waals surface area contributed by atoms with Gasteiger partial charge in [0.1, 0.15) is 36.2 Å². The summed E-state index contributed by atoms with van der Waals surface area (Å²) in [7, 11) is 4.51.